The van der Waals surface area contributed by atoms with Gasteiger partial charge in [0.05, 0.1) is 12.6 Å². The van der Waals surface area contributed by atoms with Crippen molar-refractivity contribution in [1.29, 1.82) is 0 Å². The summed E-state index contributed by atoms with van der Waals surface area (Å²) in [6.07, 6.45) is 7.81. The van der Waals surface area contributed by atoms with Crippen LogP contribution in [-0.2, 0) is 4.79 Å². The van der Waals surface area contributed by atoms with E-state index in [1.54, 1.807) is 4.90 Å². The molecule has 4 unspecified atom stereocenters. The highest BCUT2D eigenvalue weighted by molar-refractivity contribution is 9.09. The van der Waals surface area contributed by atoms with Gasteiger partial charge in [-0.3, -0.25) is 4.79 Å². The van der Waals surface area contributed by atoms with E-state index >= 15 is 0 Å². The number of nitrogens with one attached hydrogen (secondary N) is 1. The van der Waals surface area contributed by atoms with Crippen LogP contribution in [-0.4, -0.2) is 47.4 Å². The van der Waals surface area contributed by atoms with E-state index < -0.39 is 0 Å². The monoisotopic (exact) mass is 357 g/mol. The van der Waals surface area contributed by atoms with Crippen LogP contribution in [0.15, 0.2) is 0 Å². The molecule has 3 nitrogen and oxygen atoms in total. The van der Waals surface area contributed by atoms with Crippen LogP contribution in [0.25, 0.3) is 0 Å². The Kier molecular flexibility index (Phi) is 5.07. The highest BCUT2D eigenvalue weighted by atomic mass is 79.9. The predicted octanol–water partition coefficient (Wildman–Crippen LogP) is 1.85. The third kappa shape index (κ3) is 3.37. The van der Waals surface area contributed by atoms with Crippen LogP contribution in [0.3, 0.4) is 0 Å². The van der Waals surface area contributed by atoms with Crippen LogP contribution in [0.4, 0.5) is 0 Å². The number of fused-ring (bicyclic) bond motifs is 1. The Morgan fingerprint density at radius 3 is 2.62 bits per heavy atom. The molecule has 2 aliphatic heterocycles. The minimum absolute atomic E-state index is 0.339. The summed E-state index contributed by atoms with van der Waals surface area (Å²) in [5.41, 5.74) is 0. The van der Waals surface area contributed by atoms with Gasteiger partial charge in [0.2, 0.25) is 0 Å². The highest BCUT2D eigenvalue weighted by Crippen LogP contribution is 2.29. The molecule has 4 atom stereocenters. The lowest BCUT2D eigenvalue weighted by Gasteiger charge is -2.36. The third-order valence-electron chi connectivity index (χ3n) is 6.05. The Labute approximate surface area is 137 Å². The Morgan fingerprint density at radius 2 is 1.90 bits per heavy atom. The van der Waals surface area contributed by atoms with Crippen molar-refractivity contribution in [2.75, 3.05) is 19.6 Å². The first kappa shape index (κ1) is 15.9. The van der Waals surface area contributed by atoms with Crippen molar-refractivity contribution in [3.63, 3.8) is 0 Å². The van der Waals surface area contributed by atoms with Crippen molar-refractivity contribution < 1.29 is 9.69 Å². The second-order valence-corrected chi connectivity index (χ2v) is 8.92. The molecular formula is C17H30BrN2O+. The molecule has 0 bridgehead atoms. The van der Waals surface area contributed by atoms with Gasteiger partial charge in [-0.15, -0.1) is 0 Å². The van der Waals surface area contributed by atoms with Crippen LogP contribution < -0.4 is 4.90 Å². The fourth-order valence-corrected chi connectivity index (χ4v) is 5.37. The number of Topliss-reactive ketones (excluding diaryl/α,β-unsaturated/α-hetero) is 1. The molecule has 4 heteroatoms. The Morgan fingerprint density at radius 1 is 1.19 bits per heavy atom. The molecule has 21 heavy (non-hydrogen) atoms. The molecular weight excluding hydrogens is 328 g/mol. The standard InChI is InChI=1S/C17H29BrN2O/c1-12-4-3-9-19-10-13(2)20(17(12)19)11-16(21)14-5-7-15(18)8-6-14/h12-15,17H,3-11H2,1-2H3/p+1. The Hall–Kier alpha value is 0.0700. The molecule has 2 heterocycles. The molecule has 0 radical (unpaired) electrons. The maximum absolute atomic E-state index is 12.7. The summed E-state index contributed by atoms with van der Waals surface area (Å²) in [6, 6.07) is 0.618. The lowest BCUT2D eigenvalue weighted by molar-refractivity contribution is -0.936. The average Bonchev–Trinajstić information content (AvgIpc) is 2.77. The normalized spacial score (nSPS) is 44.5. The number of hydrogen-bond donors (Lipinski definition) is 1. The summed E-state index contributed by atoms with van der Waals surface area (Å²) in [6.45, 7) is 7.92. The summed E-state index contributed by atoms with van der Waals surface area (Å²) in [5.74, 6) is 1.62. The Bertz CT molecular complexity index is 381. The van der Waals surface area contributed by atoms with Gasteiger partial charge in [-0.25, -0.2) is 4.90 Å². The van der Waals surface area contributed by atoms with E-state index in [-0.39, 0.29) is 0 Å². The van der Waals surface area contributed by atoms with Crippen LogP contribution in [0.1, 0.15) is 52.4 Å². The molecule has 2 saturated heterocycles. The fraction of sp³-hybridized carbons (Fsp3) is 0.941. The van der Waals surface area contributed by atoms with E-state index in [0.717, 1.165) is 25.3 Å². The first-order valence-corrected chi connectivity index (χ1v) is 9.74. The minimum atomic E-state index is 0.339. The van der Waals surface area contributed by atoms with Gasteiger partial charge in [-0.05, 0) is 45.4 Å². The maximum atomic E-state index is 12.7. The molecule has 3 aliphatic rings. The van der Waals surface area contributed by atoms with Crippen LogP contribution in [0, 0.1) is 11.8 Å². The number of alkyl halides is 1. The van der Waals surface area contributed by atoms with E-state index in [1.807, 2.05) is 0 Å². The van der Waals surface area contributed by atoms with Gasteiger partial charge in [0.15, 0.2) is 5.78 Å². The van der Waals surface area contributed by atoms with E-state index in [4.69, 9.17) is 0 Å². The number of carbonyl (C=O) groups is 1. The number of halogens is 1. The van der Waals surface area contributed by atoms with Crippen molar-refractivity contribution in [3.05, 3.63) is 0 Å². The van der Waals surface area contributed by atoms with Gasteiger partial charge >= 0.3 is 0 Å². The van der Waals surface area contributed by atoms with Crippen molar-refractivity contribution in [2.24, 2.45) is 11.8 Å². The summed E-state index contributed by atoms with van der Waals surface area (Å²) in [7, 11) is 0. The first-order chi connectivity index (χ1) is 10.1. The lowest BCUT2D eigenvalue weighted by atomic mass is 9.85. The van der Waals surface area contributed by atoms with Gasteiger partial charge in [0.25, 0.3) is 0 Å². The summed E-state index contributed by atoms with van der Waals surface area (Å²) in [4.78, 5) is 17.6. The second kappa shape index (κ2) is 6.67. The topological polar surface area (TPSA) is 24.8 Å². The Balaban J connectivity index is 1.61. The molecule has 0 spiro atoms. The fourth-order valence-electron chi connectivity index (χ4n) is 4.84. The highest BCUT2D eigenvalue weighted by Gasteiger charge is 2.46. The zero-order valence-electron chi connectivity index (χ0n) is 13.5. The minimum Gasteiger partial charge on any atom is -0.310 e. The maximum Gasteiger partial charge on any atom is 0.189 e. The molecule has 1 aliphatic carbocycles. The molecule has 0 aromatic rings. The van der Waals surface area contributed by atoms with Crippen molar-refractivity contribution in [3.8, 4) is 0 Å². The van der Waals surface area contributed by atoms with E-state index in [9.17, 15) is 4.79 Å². The summed E-state index contributed by atoms with van der Waals surface area (Å²) < 4.78 is 0. The van der Waals surface area contributed by atoms with Crippen molar-refractivity contribution in [2.45, 2.75) is 69.4 Å². The van der Waals surface area contributed by atoms with E-state index in [2.05, 4.69) is 34.7 Å². The molecule has 0 amide bonds. The third-order valence-corrected chi connectivity index (χ3v) is 6.96. The van der Waals surface area contributed by atoms with E-state index in [0.29, 0.717) is 28.7 Å². The van der Waals surface area contributed by atoms with Gasteiger partial charge < -0.3 is 4.90 Å². The molecule has 3 rings (SSSR count). The largest absolute Gasteiger partial charge is 0.310 e. The number of hydrogen-bond acceptors (Lipinski definition) is 2. The van der Waals surface area contributed by atoms with Gasteiger partial charge in [-0.1, -0.05) is 22.9 Å². The summed E-state index contributed by atoms with van der Waals surface area (Å²) in [5, 5.41) is 0. The smallest absolute Gasteiger partial charge is 0.189 e. The lowest BCUT2D eigenvalue weighted by Crippen LogP contribution is -3.19. The zero-order valence-corrected chi connectivity index (χ0v) is 15.1. The number of rotatable bonds is 3. The average molecular weight is 358 g/mol. The summed E-state index contributed by atoms with van der Waals surface area (Å²) >= 11 is 3.69. The van der Waals surface area contributed by atoms with Crippen LogP contribution in [0.5, 0.6) is 0 Å². The van der Waals surface area contributed by atoms with Crippen molar-refractivity contribution >= 4 is 21.7 Å². The zero-order chi connectivity index (χ0) is 15.0. The van der Waals surface area contributed by atoms with E-state index in [1.165, 1.54) is 38.8 Å². The molecule has 1 saturated carbocycles. The number of piperidine rings is 1. The molecule has 1 N–H and O–H groups in total. The number of nitrogens with zero attached hydrogens (tertiary/aromatic N) is 1. The predicted molar refractivity (Wildman–Crippen MR) is 88.7 cm³/mol. The van der Waals surface area contributed by atoms with Crippen molar-refractivity contribution in [1.82, 2.24) is 4.90 Å². The molecule has 0 aromatic carbocycles. The first-order valence-electron chi connectivity index (χ1n) is 8.82. The van der Waals surface area contributed by atoms with Gasteiger partial charge in [0, 0.05) is 23.2 Å². The van der Waals surface area contributed by atoms with Gasteiger partial charge in [0.1, 0.15) is 12.7 Å². The number of ketones is 1. The quantitative estimate of drug-likeness (QED) is 0.779. The van der Waals surface area contributed by atoms with Crippen LogP contribution >= 0.6 is 15.9 Å². The van der Waals surface area contributed by atoms with Gasteiger partial charge in [-0.2, -0.15) is 0 Å². The number of quaternary nitrogens is 1. The second-order valence-electron chi connectivity index (χ2n) is 7.63. The molecule has 120 valence electrons. The molecule has 0 aromatic heterocycles. The number of carbonyl (C=O) groups excluding carboxylic acids is 1. The SMILES string of the molecule is CC1CCCN2CC(C)[NH+](CC(=O)C3CCC(Br)CC3)C12. The van der Waals surface area contributed by atoms with Crippen LogP contribution in [0.2, 0.25) is 0 Å². The molecule has 3 fully saturated rings.